The zero-order valence-corrected chi connectivity index (χ0v) is 11.8. The zero-order valence-electron chi connectivity index (χ0n) is 10.1. The van der Waals surface area contributed by atoms with E-state index in [1.807, 2.05) is 20.1 Å². The number of nitrogens with one attached hydrogen (secondary N) is 1. The van der Waals surface area contributed by atoms with Crippen LogP contribution >= 0.6 is 23.3 Å². The molecule has 0 spiro atoms. The number of rotatable bonds is 4. The lowest BCUT2D eigenvalue weighted by molar-refractivity contribution is 0.102. The number of hydrogen-bond acceptors (Lipinski definition) is 7. The van der Waals surface area contributed by atoms with Crippen molar-refractivity contribution in [1.82, 2.24) is 14.3 Å². The molecule has 0 saturated carbocycles. The summed E-state index contributed by atoms with van der Waals surface area (Å²) in [6, 6.07) is 0. The molecule has 0 radical (unpaired) electrons. The fraction of sp³-hybridized carbons (Fsp3) is 0.400. The minimum absolute atomic E-state index is 0.101. The number of nitrogens with zero attached hydrogens (tertiary/aromatic N) is 3. The molecule has 0 aliphatic heterocycles. The number of amides is 1. The molecule has 0 unspecified atom stereocenters. The quantitative estimate of drug-likeness (QED) is 0.869. The Labute approximate surface area is 112 Å². The molecule has 1 amide bonds. The van der Waals surface area contributed by atoms with Gasteiger partial charge in [-0.3, -0.25) is 10.1 Å². The van der Waals surface area contributed by atoms with Gasteiger partial charge in [0, 0.05) is 17.5 Å². The predicted octanol–water partition coefficient (Wildman–Crippen LogP) is 2.62. The van der Waals surface area contributed by atoms with Crippen LogP contribution in [0.25, 0.3) is 0 Å². The number of carbonyl (C=O) groups is 1. The molecular formula is C10H12N4O2S2. The SMILES string of the molecule is CSc1nsc(NC(=O)c2ncoc2C(C)C)n1. The highest BCUT2D eigenvalue weighted by molar-refractivity contribution is 7.98. The lowest BCUT2D eigenvalue weighted by atomic mass is 10.1. The van der Waals surface area contributed by atoms with Crippen molar-refractivity contribution in [2.75, 3.05) is 11.6 Å². The first-order valence-corrected chi connectivity index (χ1v) is 7.24. The first kappa shape index (κ1) is 13.0. The minimum Gasteiger partial charge on any atom is -0.447 e. The first-order chi connectivity index (χ1) is 8.61. The third-order valence-corrected chi connectivity index (χ3v) is 3.44. The third kappa shape index (κ3) is 2.70. The molecule has 18 heavy (non-hydrogen) atoms. The van der Waals surface area contributed by atoms with Gasteiger partial charge >= 0.3 is 0 Å². The first-order valence-electron chi connectivity index (χ1n) is 5.24. The molecule has 2 aromatic heterocycles. The van der Waals surface area contributed by atoms with Crippen LogP contribution in [0, 0.1) is 0 Å². The topological polar surface area (TPSA) is 80.9 Å². The van der Waals surface area contributed by atoms with Gasteiger partial charge in [-0.25, -0.2) is 4.98 Å². The molecule has 0 aliphatic carbocycles. The lowest BCUT2D eigenvalue weighted by Gasteiger charge is -2.02. The summed E-state index contributed by atoms with van der Waals surface area (Å²) in [4.78, 5) is 20.1. The Morgan fingerprint density at radius 1 is 1.56 bits per heavy atom. The van der Waals surface area contributed by atoms with E-state index in [1.54, 1.807) is 0 Å². The van der Waals surface area contributed by atoms with E-state index in [2.05, 4.69) is 19.7 Å². The van der Waals surface area contributed by atoms with Gasteiger partial charge in [0.1, 0.15) is 5.76 Å². The molecular weight excluding hydrogens is 272 g/mol. The van der Waals surface area contributed by atoms with E-state index < -0.39 is 0 Å². The number of hydrogen-bond donors (Lipinski definition) is 1. The molecule has 2 aromatic rings. The van der Waals surface area contributed by atoms with Crippen LogP contribution in [0.2, 0.25) is 0 Å². The van der Waals surface area contributed by atoms with Crippen molar-refractivity contribution in [1.29, 1.82) is 0 Å². The van der Waals surface area contributed by atoms with Gasteiger partial charge in [-0.2, -0.15) is 9.36 Å². The zero-order chi connectivity index (χ0) is 13.1. The second kappa shape index (κ2) is 5.49. The number of carbonyl (C=O) groups excluding carboxylic acids is 1. The van der Waals surface area contributed by atoms with Crippen LogP contribution in [0.15, 0.2) is 16.0 Å². The Hall–Kier alpha value is -1.41. The van der Waals surface area contributed by atoms with Crippen LogP contribution in [0.3, 0.4) is 0 Å². The van der Waals surface area contributed by atoms with Crippen molar-refractivity contribution in [2.24, 2.45) is 0 Å². The highest BCUT2D eigenvalue weighted by Crippen LogP contribution is 2.21. The Bertz CT molecular complexity index is 550. The summed E-state index contributed by atoms with van der Waals surface area (Å²) in [7, 11) is 0. The molecule has 6 nitrogen and oxygen atoms in total. The summed E-state index contributed by atoms with van der Waals surface area (Å²) in [5.74, 6) is 0.350. The Morgan fingerprint density at radius 2 is 2.33 bits per heavy atom. The van der Waals surface area contributed by atoms with Gasteiger partial charge in [-0.15, -0.1) is 0 Å². The Morgan fingerprint density at radius 3 is 2.94 bits per heavy atom. The lowest BCUT2D eigenvalue weighted by Crippen LogP contribution is -2.14. The van der Waals surface area contributed by atoms with Crippen molar-refractivity contribution in [3.05, 3.63) is 17.8 Å². The highest BCUT2D eigenvalue weighted by atomic mass is 32.2. The van der Waals surface area contributed by atoms with Gasteiger partial charge in [-0.1, -0.05) is 25.6 Å². The van der Waals surface area contributed by atoms with Gasteiger partial charge in [0.15, 0.2) is 12.1 Å². The van der Waals surface area contributed by atoms with Gasteiger partial charge in [0.2, 0.25) is 10.3 Å². The molecule has 2 rings (SSSR count). The number of aromatic nitrogens is 3. The maximum atomic E-state index is 12.0. The van der Waals surface area contributed by atoms with Crippen LogP contribution in [0.4, 0.5) is 5.13 Å². The van der Waals surface area contributed by atoms with Crippen molar-refractivity contribution < 1.29 is 9.21 Å². The predicted molar refractivity (Wildman–Crippen MR) is 70.2 cm³/mol. The van der Waals surface area contributed by atoms with Crippen LogP contribution in [0.5, 0.6) is 0 Å². The van der Waals surface area contributed by atoms with Crippen LogP contribution in [-0.4, -0.2) is 26.5 Å². The normalized spacial score (nSPS) is 10.9. The second-order valence-electron chi connectivity index (χ2n) is 3.76. The van der Waals surface area contributed by atoms with Crippen LogP contribution in [-0.2, 0) is 0 Å². The van der Waals surface area contributed by atoms with Crippen molar-refractivity contribution in [3.63, 3.8) is 0 Å². The van der Waals surface area contributed by atoms with Gasteiger partial charge in [0.05, 0.1) is 0 Å². The monoisotopic (exact) mass is 284 g/mol. The molecule has 0 atom stereocenters. The number of thioether (sulfide) groups is 1. The van der Waals surface area contributed by atoms with Gasteiger partial charge < -0.3 is 4.42 Å². The number of anilines is 1. The molecule has 96 valence electrons. The summed E-state index contributed by atoms with van der Waals surface area (Å²) in [6.07, 6.45) is 3.15. The third-order valence-electron chi connectivity index (χ3n) is 2.14. The van der Waals surface area contributed by atoms with Crippen molar-refractivity contribution in [2.45, 2.75) is 24.9 Å². The van der Waals surface area contributed by atoms with Crippen LogP contribution < -0.4 is 5.32 Å². The van der Waals surface area contributed by atoms with E-state index in [0.717, 1.165) is 11.5 Å². The Kier molecular flexibility index (Phi) is 3.97. The van der Waals surface area contributed by atoms with E-state index in [4.69, 9.17) is 4.42 Å². The minimum atomic E-state index is -0.323. The molecule has 8 heteroatoms. The van der Waals surface area contributed by atoms with Gasteiger partial charge in [-0.05, 0) is 6.26 Å². The Balaban J connectivity index is 2.14. The second-order valence-corrected chi connectivity index (χ2v) is 5.29. The molecule has 1 N–H and O–H groups in total. The summed E-state index contributed by atoms with van der Waals surface area (Å²) in [6.45, 7) is 3.88. The van der Waals surface area contributed by atoms with Crippen molar-refractivity contribution >= 4 is 34.3 Å². The summed E-state index contributed by atoms with van der Waals surface area (Å²) in [5.41, 5.74) is 0.297. The van der Waals surface area contributed by atoms with E-state index in [0.29, 0.717) is 21.7 Å². The summed E-state index contributed by atoms with van der Waals surface area (Å²) in [5, 5.41) is 3.76. The van der Waals surface area contributed by atoms with E-state index in [9.17, 15) is 4.79 Å². The average molecular weight is 284 g/mol. The summed E-state index contributed by atoms with van der Waals surface area (Å²) >= 11 is 2.57. The van der Waals surface area contributed by atoms with Gasteiger partial charge in [0.25, 0.3) is 5.91 Å². The standard InChI is InChI=1S/C10H12N4O2S2/c1-5(2)7-6(11-4-16-7)8(15)12-9-13-10(17-3)14-18-9/h4-5H,1-3H3,(H,12,13,14,15). The maximum Gasteiger partial charge on any atom is 0.279 e. The number of oxazole rings is 1. The van der Waals surface area contributed by atoms with E-state index >= 15 is 0 Å². The van der Waals surface area contributed by atoms with E-state index in [1.165, 1.54) is 18.2 Å². The summed E-state index contributed by atoms with van der Waals surface area (Å²) < 4.78 is 9.26. The molecule has 0 saturated heterocycles. The van der Waals surface area contributed by atoms with Crippen LogP contribution in [0.1, 0.15) is 36.0 Å². The smallest absolute Gasteiger partial charge is 0.279 e. The molecule has 0 fully saturated rings. The largest absolute Gasteiger partial charge is 0.447 e. The average Bonchev–Trinajstić information content (AvgIpc) is 2.96. The molecule has 2 heterocycles. The van der Waals surface area contributed by atoms with E-state index in [-0.39, 0.29) is 11.8 Å². The molecule has 0 aliphatic rings. The van der Waals surface area contributed by atoms with Crippen molar-refractivity contribution in [3.8, 4) is 0 Å². The molecule has 0 aromatic carbocycles. The highest BCUT2D eigenvalue weighted by Gasteiger charge is 2.20. The molecule has 0 bridgehead atoms. The fourth-order valence-electron chi connectivity index (χ4n) is 1.34. The maximum absolute atomic E-state index is 12.0. The fourth-order valence-corrected chi connectivity index (χ4v) is 2.46.